The first-order chi connectivity index (χ1) is 12.2. The highest BCUT2D eigenvalue weighted by Crippen LogP contribution is 2.17. The van der Waals surface area contributed by atoms with Gasteiger partial charge in [-0.3, -0.25) is 4.79 Å². The number of carbonyl (C=O) groups is 1. The van der Waals surface area contributed by atoms with Crippen LogP contribution >= 0.6 is 11.7 Å². The lowest BCUT2D eigenvalue weighted by atomic mass is 10.1. The Kier molecular flexibility index (Phi) is 5.99. The summed E-state index contributed by atoms with van der Waals surface area (Å²) < 4.78 is 19.2. The number of aromatic nitrogens is 2. The molecule has 1 aliphatic rings. The highest BCUT2D eigenvalue weighted by molar-refractivity contribution is 6.99. The van der Waals surface area contributed by atoms with E-state index >= 15 is 0 Å². The first-order valence-electron chi connectivity index (χ1n) is 8.50. The van der Waals surface area contributed by atoms with Gasteiger partial charge in [0.15, 0.2) is 5.69 Å². The van der Waals surface area contributed by atoms with Crippen LogP contribution in [0.4, 0.5) is 0 Å². The minimum Gasteiger partial charge on any atom is -0.497 e. The Morgan fingerprint density at radius 1 is 1.36 bits per heavy atom. The van der Waals surface area contributed by atoms with Crippen molar-refractivity contribution in [2.45, 2.75) is 32.3 Å². The summed E-state index contributed by atoms with van der Waals surface area (Å²) in [6.45, 7) is 3.83. The fourth-order valence-electron chi connectivity index (χ4n) is 2.94. The highest BCUT2D eigenvalue weighted by Gasteiger charge is 2.25. The fourth-order valence-corrected chi connectivity index (χ4v) is 3.48. The van der Waals surface area contributed by atoms with E-state index in [1.165, 1.54) is 5.56 Å². The summed E-state index contributed by atoms with van der Waals surface area (Å²) in [5, 5.41) is 0. The van der Waals surface area contributed by atoms with E-state index in [0.717, 1.165) is 43.3 Å². The molecule has 1 atom stereocenters. The molecule has 1 aromatic heterocycles. The largest absolute Gasteiger partial charge is 0.497 e. The molecule has 0 bridgehead atoms. The van der Waals surface area contributed by atoms with E-state index in [-0.39, 0.29) is 12.0 Å². The zero-order valence-electron chi connectivity index (χ0n) is 14.6. The van der Waals surface area contributed by atoms with Gasteiger partial charge in [-0.15, -0.1) is 0 Å². The molecule has 7 heteroatoms. The van der Waals surface area contributed by atoms with Gasteiger partial charge in [-0.05, 0) is 43.9 Å². The first kappa shape index (κ1) is 17.8. The van der Waals surface area contributed by atoms with Gasteiger partial charge in [0.1, 0.15) is 5.75 Å². The molecule has 134 valence electrons. The number of aryl methyl sites for hydroxylation is 1. The Balaban J connectivity index is 1.68. The third-order valence-electron chi connectivity index (χ3n) is 4.42. The molecular weight excluding hydrogens is 338 g/mol. The quantitative estimate of drug-likeness (QED) is 0.759. The van der Waals surface area contributed by atoms with Crippen LogP contribution in [0.25, 0.3) is 0 Å². The van der Waals surface area contributed by atoms with Crippen LogP contribution in [-0.2, 0) is 11.2 Å². The van der Waals surface area contributed by atoms with Crippen LogP contribution in [-0.4, -0.2) is 52.5 Å². The van der Waals surface area contributed by atoms with E-state index < -0.39 is 0 Å². The molecule has 0 saturated carbocycles. The summed E-state index contributed by atoms with van der Waals surface area (Å²) in [7, 11) is 1.65. The molecule has 3 rings (SSSR count). The molecule has 0 aliphatic carbocycles. The van der Waals surface area contributed by atoms with Gasteiger partial charge in [0.25, 0.3) is 5.91 Å². The molecule has 6 nitrogen and oxygen atoms in total. The molecular formula is C18H23N3O3S. The number of rotatable bonds is 7. The molecule has 1 saturated heterocycles. The zero-order chi connectivity index (χ0) is 17.6. The van der Waals surface area contributed by atoms with Crippen molar-refractivity contribution in [1.82, 2.24) is 13.6 Å². The summed E-state index contributed by atoms with van der Waals surface area (Å²) in [6, 6.07) is 7.94. The molecule has 0 N–H and O–H groups in total. The van der Waals surface area contributed by atoms with E-state index in [9.17, 15) is 4.79 Å². The van der Waals surface area contributed by atoms with Gasteiger partial charge in [-0.25, -0.2) is 0 Å². The minimum absolute atomic E-state index is 0.0599. The topological polar surface area (TPSA) is 64.6 Å². The number of carbonyl (C=O) groups excluding carboxylic acids is 1. The van der Waals surface area contributed by atoms with E-state index in [2.05, 4.69) is 8.75 Å². The molecule has 1 unspecified atom stereocenters. The predicted octanol–water partition coefficient (Wildman–Crippen LogP) is 2.72. The van der Waals surface area contributed by atoms with Crippen molar-refractivity contribution < 1.29 is 14.3 Å². The maximum atomic E-state index is 12.9. The minimum atomic E-state index is -0.0599. The molecule has 1 amide bonds. The summed E-state index contributed by atoms with van der Waals surface area (Å²) >= 11 is 1.08. The van der Waals surface area contributed by atoms with Crippen LogP contribution < -0.4 is 4.74 Å². The second kappa shape index (κ2) is 8.40. The molecule has 2 heterocycles. The van der Waals surface area contributed by atoms with E-state index in [4.69, 9.17) is 9.47 Å². The molecule has 1 aliphatic heterocycles. The fraction of sp³-hybridized carbons (Fsp3) is 0.500. The molecule has 0 spiro atoms. The third kappa shape index (κ3) is 4.55. The van der Waals surface area contributed by atoms with Gasteiger partial charge < -0.3 is 14.4 Å². The Morgan fingerprint density at radius 3 is 2.76 bits per heavy atom. The SMILES string of the molecule is COc1ccc(CCN(CC2CCCO2)C(=O)c2nsnc2C)cc1. The number of amides is 1. The van der Waals surface area contributed by atoms with Crippen molar-refractivity contribution in [3.8, 4) is 5.75 Å². The van der Waals surface area contributed by atoms with Crippen molar-refractivity contribution in [2.24, 2.45) is 0 Å². The van der Waals surface area contributed by atoms with Crippen LogP contribution in [0.15, 0.2) is 24.3 Å². The monoisotopic (exact) mass is 361 g/mol. The average Bonchev–Trinajstić information content (AvgIpc) is 3.30. The van der Waals surface area contributed by atoms with Crippen molar-refractivity contribution >= 4 is 17.6 Å². The van der Waals surface area contributed by atoms with Gasteiger partial charge in [0.05, 0.1) is 30.6 Å². The summed E-state index contributed by atoms with van der Waals surface area (Å²) in [5.74, 6) is 0.774. The van der Waals surface area contributed by atoms with E-state index in [0.29, 0.717) is 24.5 Å². The maximum absolute atomic E-state index is 12.9. The van der Waals surface area contributed by atoms with Gasteiger partial charge in [-0.2, -0.15) is 8.75 Å². The summed E-state index contributed by atoms with van der Waals surface area (Å²) in [4.78, 5) is 14.7. The highest BCUT2D eigenvalue weighted by atomic mass is 32.1. The Hall–Kier alpha value is -1.99. The van der Waals surface area contributed by atoms with Crippen LogP contribution in [0.5, 0.6) is 5.75 Å². The molecule has 1 aromatic carbocycles. The smallest absolute Gasteiger partial charge is 0.275 e. The Morgan fingerprint density at radius 2 is 2.16 bits per heavy atom. The van der Waals surface area contributed by atoms with E-state index in [1.807, 2.05) is 36.1 Å². The lowest BCUT2D eigenvalue weighted by molar-refractivity contribution is 0.0524. The second-order valence-corrected chi connectivity index (χ2v) is 6.71. The average molecular weight is 361 g/mol. The van der Waals surface area contributed by atoms with E-state index in [1.54, 1.807) is 7.11 Å². The number of methoxy groups -OCH3 is 1. The molecule has 0 radical (unpaired) electrons. The van der Waals surface area contributed by atoms with Crippen molar-refractivity contribution in [3.63, 3.8) is 0 Å². The number of ether oxygens (including phenoxy) is 2. The summed E-state index contributed by atoms with van der Waals surface area (Å²) in [6.07, 6.45) is 2.95. The van der Waals surface area contributed by atoms with Crippen LogP contribution in [0.3, 0.4) is 0 Å². The van der Waals surface area contributed by atoms with Crippen molar-refractivity contribution in [1.29, 1.82) is 0 Å². The molecule has 25 heavy (non-hydrogen) atoms. The third-order valence-corrected chi connectivity index (χ3v) is 5.04. The number of hydrogen-bond donors (Lipinski definition) is 0. The number of hydrogen-bond acceptors (Lipinski definition) is 6. The second-order valence-electron chi connectivity index (χ2n) is 6.18. The van der Waals surface area contributed by atoms with Gasteiger partial charge in [-0.1, -0.05) is 12.1 Å². The normalized spacial score (nSPS) is 16.8. The lowest BCUT2D eigenvalue weighted by Gasteiger charge is -2.25. The standard InChI is InChI=1S/C18H23N3O3S/c1-13-17(20-25-19-13)18(22)21(12-16-4-3-11-24-16)10-9-14-5-7-15(23-2)8-6-14/h5-8,16H,3-4,9-12H2,1-2H3. The van der Waals surface area contributed by atoms with Crippen LogP contribution in [0.1, 0.15) is 34.6 Å². The molecule has 2 aromatic rings. The zero-order valence-corrected chi connectivity index (χ0v) is 15.4. The molecule has 1 fully saturated rings. The maximum Gasteiger partial charge on any atom is 0.275 e. The van der Waals surface area contributed by atoms with Crippen LogP contribution in [0.2, 0.25) is 0 Å². The number of benzene rings is 1. The summed E-state index contributed by atoms with van der Waals surface area (Å²) in [5.41, 5.74) is 2.31. The van der Waals surface area contributed by atoms with Gasteiger partial charge in [0, 0.05) is 19.7 Å². The van der Waals surface area contributed by atoms with Gasteiger partial charge in [0.2, 0.25) is 0 Å². The first-order valence-corrected chi connectivity index (χ1v) is 9.23. The predicted molar refractivity (Wildman–Crippen MR) is 96.2 cm³/mol. The lowest BCUT2D eigenvalue weighted by Crippen LogP contribution is -2.39. The number of nitrogens with zero attached hydrogens (tertiary/aromatic N) is 3. The van der Waals surface area contributed by atoms with Crippen LogP contribution in [0, 0.1) is 6.92 Å². The Bertz CT molecular complexity index is 696. The van der Waals surface area contributed by atoms with Crippen molar-refractivity contribution in [2.75, 3.05) is 26.8 Å². The van der Waals surface area contributed by atoms with Crippen molar-refractivity contribution in [3.05, 3.63) is 41.2 Å². The Labute approximate surface area is 152 Å². The van der Waals surface area contributed by atoms with Gasteiger partial charge >= 0.3 is 0 Å².